The number of nitrogens with two attached hydrogens (primary N) is 1. The van der Waals surface area contributed by atoms with Gasteiger partial charge in [-0.2, -0.15) is 0 Å². The maximum absolute atomic E-state index is 11.6. The first-order valence-corrected chi connectivity index (χ1v) is 8.20. The number of halogens is 1. The molecule has 1 saturated heterocycles. The summed E-state index contributed by atoms with van der Waals surface area (Å²) >= 11 is 3.26. The highest BCUT2D eigenvalue weighted by Gasteiger charge is 2.40. The molecule has 0 aromatic carbocycles. The Labute approximate surface area is 127 Å². The minimum atomic E-state index is -0.141. The molecule has 0 radical (unpaired) electrons. The molecule has 1 aliphatic heterocycles. The minimum absolute atomic E-state index is 0.141. The first kappa shape index (κ1) is 14.1. The molecule has 1 saturated carbocycles. The van der Waals surface area contributed by atoms with E-state index < -0.39 is 0 Å². The molecule has 1 aromatic rings. The summed E-state index contributed by atoms with van der Waals surface area (Å²) in [5.41, 5.74) is 6.01. The number of rotatable bonds is 2. The number of nitrogen functional groups attached to an aromatic ring is 1. The lowest BCUT2D eigenvalue weighted by molar-refractivity contribution is -0.0680. The van der Waals surface area contributed by atoms with Gasteiger partial charge in [-0.15, -0.1) is 0 Å². The molecular weight excluding hydrogens is 320 g/mol. The SMILES string of the molecule is Nc1cn(CC2CCC3(CCCCC3)O2)cc(Br)c1=O. The van der Waals surface area contributed by atoms with Gasteiger partial charge >= 0.3 is 0 Å². The van der Waals surface area contributed by atoms with E-state index in [1.165, 1.54) is 38.5 Å². The van der Waals surface area contributed by atoms with Crippen molar-refractivity contribution in [2.75, 3.05) is 5.73 Å². The van der Waals surface area contributed by atoms with Gasteiger partial charge in [-0.3, -0.25) is 4.79 Å². The Morgan fingerprint density at radius 3 is 2.75 bits per heavy atom. The van der Waals surface area contributed by atoms with Crippen molar-refractivity contribution < 1.29 is 4.74 Å². The number of ether oxygens (including phenoxy) is 1. The molecule has 2 heterocycles. The van der Waals surface area contributed by atoms with Gasteiger partial charge in [-0.25, -0.2) is 0 Å². The van der Waals surface area contributed by atoms with Gasteiger partial charge in [0.25, 0.3) is 0 Å². The van der Waals surface area contributed by atoms with Crippen LogP contribution in [0.25, 0.3) is 0 Å². The lowest BCUT2D eigenvalue weighted by atomic mass is 9.83. The molecule has 0 bridgehead atoms. The molecule has 3 rings (SSSR count). The average molecular weight is 341 g/mol. The molecule has 5 heteroatoms. The minimum Gasteiger partial charge on any atom is -0.394 e. The molecule has 0 amide bonds. The first-order valence-electron chi connectivity index (χ1n) is 7.41. The van der Waals surface area contributed by atoms with Gasteiger partial charge < -0.3 is 15.0 Å². The van der Waals surface area contributed by atoms with Crippen LogP contribution in [-0.2, 0) is 11.3 Å². The van der Waals surface area contributed by atoms with E-state index in [0.717, 1.165) is 13.0 Å². The van der Waals surface area contributed by atoms with E-state index in [2.05, 4.69) is 15.9 Å². The Bertz CT molecular complexity index is 523. The number of hydrogen-bond donors (Lipinski definition) is 1. The Kier molecular flexibility index (Phi) is 3.91. The Morgan fingerprint density at radius 1 is 1.30 bits per heavy atom. The number of nitrogens with zero attached hydrogens (tertiary/aromatic N) is 1. The predicted molar refractivity (Wildman–Crippen MR) is 82.7 cm³/mol. The number of pyridine rings is 1. The van der Waals surface area contributed by atoms with Crippen LogP contribution in [0.1, 0.15) is 44.9 Å². The molecule has 2 aliphatic rings. The summed E-state index contributed by atoms with van der Waals surface area (Å²) in [6, 6.07) is 0. The van der Waals surface area contributed by atoms with Crippen LogP contribution in [0, 0.1) is 0 Å². The van der Waals surface area contributed by atoms with Crippen LogP contribution < -0.4 is 11.2 Å². The summed E-state index contributed by atoms with van der Waals surface area (Å²) in [6.45, 7) is 0.769. The van der Waals surface area contributed by atoms with Crippen molar-refractivity contribution in [3.05, 3.63) is 27.1 Å². The smallest absolute Gasteiger partial charge is 0.218 e. The van der Waals surface area contributed by atoms with Crippen LogP contribution in [0.3, 0.4) is 0 Å². The van der Waals surface area contributed by atoms with Crippen LogP contribution >= 0.6 is 15.9 Å². The van der Waals surface area contributed by atoms with E-state index in [-0.39, 0.29) is 22.8 Å². The second-order valence-electron chi connectivity index (χ2n) is 6.11. The van der Waals surface area contributed by atoms with E-state index in [0.29, 0.717) is 4.47 Å². The molecule has 1 aromatic heterocycles. The summed E-state index contributed by atoms with van der Waals surface area (Å²) in [7, 11) is 0. The Hall–Kier alpha value is -0.810. The molecular formula is C15H21BrN2O2. The lowest BCUT2D eigenvalue weighted by Crippen LogP contribution is -2.32. The van der Waals surface area contributed by atoms with E-state index in [4.69, 9.17) is 10.5 Å². The van der Waals surface area contributed by atoms with Crippen molar-refractivity contribution in [1.29, 1.82) is 0 Å². The molecule has 2 fully saturated rings. The topological polar surface area (TPSA) is 57.2 Å². The van der Waals surface area contributed by atoms with Gasteiger partial charge in [0.15, 0.2) is 0 Å². The predicted octanol–water partition coefficient (Wildman–Crippen LogP) is 3.07. The highest BCUT2D eigenvalue weighted by molar-refractivity contribution is 9.10. The molecule has 1 atom stereocenters. The second kappa shape index (κ2) is 5.53. The van der Waals surface area contributed by atoms with Crippen molar-refractivity contribution in [3.63, 3.8) is 0 Å². The largest absolute Gasteiger partial charge is 0.394 e. The molecule has 110 valence electrons. The van der Waals surface area contributed by atoms with Crippen molar-refractivity contribution >= 4 is 21.6 Å². The molecule has 2 N–H and O–H groups in total. The number of anilines is 1. The van der Waals surface area contributed by atoms with Crippen molar-refractivity contribution in [2.45, 2.75) is 63.2 Å². The van der Waals surface area contributed by atoms with Gasteiger partial charge in [0.2, 0.25) is 5.43 Å². The van der Waals surface area contributed by atoms with Crippen LogP contribution in [0.15, 0.2) is 21.7 Å². The van der Waals surface area contributed by atoms with Crippen LogP contribution in [0.2, 0.25) is 0 Å². The quantitative estimate of drug-likeness (QED) is 0.899. The fourth-order valence-corrected chi connectivity index (χ4v) is 4.04. The van der Waals surface area contributed by atoms with E-state index >= 15 is 0 Å². The molecule has 1 spiro atoms. The van der Waals surface area contributed by atoms with Crippen LogP contribution in [0.5, 0.6) is 0 Å². The first-order chi connectivity index (χ1) is 9.58. The molecule has 20 heavy (non-hydrogen) atoms. The zero-order chi connectivity index (χ0) is 14.2. The zero-order valence-electron chi connectivity index (χ0n) is 11.6. The Balaban J connectivity index is 1.69. The van der Waals surface area contributed by atoms with Gasteiger partial charge in [-0.1, -0.05) is 19.3 Å². The molecule has 1 unspecified atom stereocenters. The van der Waals surface area contributed by atoms with E-state index in [9.17, 15) is 4.79 Å². The van der Waals surface area contributed by atoms with Gasteiger partial charge in [0, 0.05) is 18.9 Å². The highest BCUT2D eigenvalue weighted by Crippen LogP contribution is 2.42. The summed E-state index contributed by atoms with van der Waals surface area (Å²) in [4.78, 5) is 11.6. The van der Waals surface area contributed by atoms with E-state index in [1.54, 1.807) is 12.4 Å². The normalized spacial score (nSPS) is 25.1. The lowest BCUT2D eigenvalue weighted by Gasteiger charge is -2.33. The third-order valence-corrected chi connectivity index (χ3v) is 5.15. The standard InChI is InChI=1S/C15H21BrN2O2/c16-12-9-18(10-13(17)14(12)19)8-11-4-7-15(20-11)5-2-1-3-6-15/h9-11H,1-8,17H2. The fraction of sp³-hybridized carbons (Fsp3) is 0.667. The second-order valence-corrected chi connectivity index (χ2v) is 6.96. The highest BCUT2D eigenvalue weighted by atomic mass is 79.9. The fourth-order valence-electron chi connectivity index (χ4n) is 3.55. The third kappa shape index (κ3) is 2.79. The van der Waals surface area contributed by atoms with Crippen LogP contribution in [0.4, 0.5) is 5.69 Å². The van der Waals surface area contributed by atoms with Gasteiger partial charge in [-0.05, 0) is 41.6 Å². The van der Waals surface area contributed by atoms with Crippen molar-refractivity contribution in [2.24, 2.45) is 0 Å². The van der Waals surface area contributed by atoms with E-state index in [1.807, 2.05) is 4.57 Å². The third-order valence-electron chi connectivity index (χ3n) is 4.58. The maximum Gasteiger partial charge on any atom is 0.218 e. The summed E-state index contributed by atoms with van der Waals surface area (Å²) in [5.74, 6) is 0. The number of aromatic nitrogens is 1. The van der Waals surface area contributed by atoms with Crippen molar-refractivity contribution in [1.82, 2.24) is 4.57 Å². The summed E-state index contributed by atoms with van der Waals surface area (Å²) in [6.07, 6.45) is 12.4. The van der Waals surface area contributed by atoms with Crippen molar-refractivity contribution in [3.8, 4) is 0 Å². The Morgan fingerprint density at radius 2 is 2.05 bits per heavy atom. The average Bonchev–Trinajstić information content (AvgIpc) is 2.79. The van der Waals surface area contributed by atoms with Gasteiger partial charge in [0.1, 0.15) is 0 Å². The number of hydrogen-bond acceptors (Lipinski definition) is 3. The summed E-state index contributed by atoms with van der Waals surface area (Å²) in [5, 5.41) is 0. The zero-order valence-corrected chi connectivity index (χ0v) is 13.2. The monoisotopic (exact) mass is 340 g/mol. The van der Waals surface area contributed by atoms with Gasteiger partial charge in [0.05, 0.1) is 21.9 Å². The molecule has 1 aliphatic carbocycles. The molecule has 4 nitrogen and oxygen atoms in total. The van der Waals surface area contributed by atoms with Crippen LogP contribution in [-0.4, -0.2) is 16.3 Å². The maximum atomic E-state index is 11.6. The summed E-state index contributed by atoms with van der Waals surface area (Å²) < 4.78 is 8.83.